The van der Waals surface area contributed by atoms with E-state index in [9.17, 15) is 5.21 Å². The first-order chi connectivity index (χ1) is 7.18. The zero-order chi connectivity index (χ0) is 12.6. The van der Waals surface area contributed by atoms with E-state index >= 15 is 0 Å². The molecule has 0 atom stereocenters. The Morgan fingerprint density at radius 3 is 2.25 bits per heavy atom. The van der Waals surface area contributed by atoms with Gasteiger partial charge in [0.15, 0.2) is 0 Å². The maximum atomic E-state index is 12.0. The van der Waals surface area contributed by atoms with Crippen molar-refractivity contribution in [2.45, 2.75) is 38.9 Å². The maximum Gasteiger partial charge on any atom is 0.121 e. The number of amidine groups is 1. The Balaban J connectivity index is 2.75. The topological polar surface area (TPSA) is 50.8 Å². The predicted octanol–water partition coefficient (Wildman–Crippen LogP) is 0.712. The number of nitrogens with one attached hydrogen (secondary N) is 1. The van der Waals surface area contributed by atoms with Crippen LogP contribution in [0.3, 0.4) is 0 Å². The van der Waals surface area contributed by atoms with Crippen LogP contribution in [0.15, 0.2) is 4.99 Å². The fraction of sp³-hybridized carbons (Fsp3) is 0.909. The van der Waals surface area contributed by atoms with E-state index in [1.807, 2.05) is 41.8 Å². The van der Waals surface area contributed by atoms with Crippen LogP contribution in [0.4, 0.5) is 0 Å². The molecule has 0 saturated carbocycles. The van der Waals surface area contributed by atoms with Gasteiger partial charge in [-0.2, -0.15) is 0 Å². The van der Waals surface area contributed by atoms with Gasteiger partial charge < -0.3 is 10.2 Å². The lowest BCUT2D eigenvalue weighted by Crippen LogP contribution is -2.48. The van der Waals surface area contributed by atoms with Crippen molar-refractivity contribution in [3.05, 3.63) is 0 Å². The van der Waals surface area contributed by atoms with Crippen LogP contribution in [0.1, 0.15) is 27.7 Å². The van der Waals surface area contributed by atoms with E-state index in [4.69, 9.17) is 0 Å². The van der Waals surface area contributed by atoms with Crippen LogP contribution >= 0.6 is 0 Å². The van der Waals surface area contributed by atoms with Crippen LogP contribution in [0.25, 0.3) is 0 Å². The molecule has 0 aliphatic carbocycles. The monoisotopic (exact) mass is 227 g/mol. The van der Waals surface area contributed by atoms with E-state index in [1.54, 1.807) is 0 Å². The summed E-state index contributed by atoms with van der Waals surface area (Å²) in [5.74, 6) is 0.786. The molecule has 1 saturated heterocycles. The smallest absolute Gasteiger partial charge is 0.121 e. The Kier molecular flexibility index (Phi) is 3.62. The van der Waals surface area contributed by atoms with Gasteiger partial charge in [0.25, 0.3) is 0 Å². The Labute approximate surface area is 98.1 Å². The molecule has 5 heteroatoms. The van der Waals surface area contributed by atoms with Crippen molar-refractivity contribution in [2.24, 2.45) is 4.99 Å². The van der Waals surface area contributed by atoms with Gasteiger partial charge in [-0.3, -0.25) is 4.99 Å². The lowest BCUT2D eigenvalue weighted by Gasteiger charge is -2.28. The minimum atomic E-state index is -0.569. The largest absolute Gasteiger partial charge is 0.353 e. The number of rotatable bonds is 3. The second-order valence-electron chi connectivity index (χ2n) is 5.57. The van der Waals surface area contributed by atoms with E-state index < -0.39 is 11.2 Å². The molecule has 0 amide bonds. The molecule has 1 aliphatic rings. The summed E-state index contributed by atoms with van der Waals surface area (Å²) >= 11 is 0. The summed E-state index contributed by atoms with van der Waals surface area (Å²) in [6.07, 6.45) is 0. The number of hydroxylamine groups is 2. The second kappa shape index (κ2) is 4.31. The van der Waals surface area contributed by atoms with Gasteiger partial charge in [0.2, 0.25) is 0 Å². The average molecular weight is 227 g/mol. The van der Waals surface area contributed by atoms with Crippen LogP contribution < -0.4 is 5.32 Å². The number of nitrogens with zero attached hydrogens (tertiary/aromatic N) is 3. The zero-order valence-electron chi connectivity index (χ0n) is 11.2. The van der Waals surface area contributed by atoms with Crippen molar-refractivity contribution >= 4 is 5.84 Å². The minimum Gasteiger partial charge on any atom is -0.353 e. The van der Waals surface area contributed by atoms with Gasteiger partial charge in [0.05, 0.1) is 6.54 Å². The van der Waals surface area contributed by atoms with E-state index in [0.29, 0.717) is 6.54 Å². The summed E-state index contributed by atoms with van der Waals surface area (Å²) in [4.78, 5) is 6.56. The highest BCUT2D eigenvalue weighted by Gasteiger charge is 2.50. The van der Waals surface area contributed by atoms with Crippen molar-refractivity contribution in [3.63, 3.8) is 0 Å². The van der Waals surface area contributed by atoms with Crippen molar-refractivity contribution in [1.29, 1.82) is 0 Å². The molecule has 0 spiro atoms. The highest BCUT2D eigenvalue weighted by Crippen LogP contribution is 2.29. The Morgan fingerprint density at radius 2 is 1.88 bits per heavy atom. The van der Waals surface area contributed by atoms with E-state index in [-0.39, 0.29) is 0 Å². The molecule has 16 heavy (non-hydrogen) atoms. The van der Waals surface area contributed by atoms with E-state index in [1.165, 1.54) is 0 Å². The van der Waals surface area contributed by atoms with Gasteiger partial charge in [-0.25, -0.2) is 0 Å². The molecule has 1 fully saturated rings. The van der Waals surface area contributed by atoms with Gasteiger partial charge in [-0.15, -0.1) is 10.3 Å². The summed E-state index contributed by atoms with van der Waals surface area (Å²) in [6, 6.07) is 0. The third kappa shape index (κ3) is 2.53. The molecule has 0 aromatic heterocycles. The van der Waals surface area contributed by atoms with Gasteiger partial charge in [0.1, 0.15) is 17.0 Å². The standard InChI is InChI=1S/C11H23N4O/c1-10(2)9(12-7-8-14(5)6)13-11(3,4)15(10)16/h7-8H2,1-6H3,(H,12,13). The third-order valence-electron chi connectivity index (χ3n) is 2.84. The third-order valence-corrected chi connectivity index (χ3v) is 2.84. The van der Waals surface area contributed by atoms with E-state index in [2.05, 4.69) is 15.2 Å². The lowest BCUT2D eigenvalue weighted by molar-refractivity contribution is -0.241. The first-order valence-electron chi connectivity index (χ1n) is 5.63. The number of hydrogen-bond donors (Lipinski definition) is 1. The first-order valence-corrected chi connectivity index (χ1v) is 5.63. The Morgan fingerprint density at radius 1 is 1.31 bits per heavy atom. The fourth-order valence-electron chi connectivity index (χ4n) is 1.88. The van der Waals surface area contributed by atoms with Gasteiger partial charge >= 0.3 is 0 Å². The summed E-state index contributed by atoms with van der Waals surface area (Å²) in [5.41, 5.74) is -1.13. The van der Waals surface area contributed by atoms with Gasteiger partial charge in [0, 0.05) is 6.54 Å². The molecule has 1 N–H and O–H groups in total. The van der Waals surface area contributed by atoms with Crippen molar-refractivity contribution in [1.82, 2.24) is 15.3 Å². The lowest BCUT2D eigenvalue weighted by atomic mass is 10.1. The quantitative estimate of drug-likeness (QED) is 0.772. The normalized spacial score (nSPS) is 26.4. The molecule has 1 rings (SSSR count). The SMILES string of the molecule is CN(C)CCN=C1NC(C)(C)N([O])C1(C)C. The summed E-state index contributed by atoms with van der Waals surface area (Å²) in [6.45, 7) is 9.14. The summed E-state index contributed by atoms with van der Waals surface area (Å²) in [5, 5.41) is 16.3. The maximum absolute atomic E-state index is 12.0. The molecule has 5 nitrogen and oxygen atoms in total. The first kappa shape index (κ1) is 13.4. The molecule has 1 aliphatic heterocycles. The van der Waals surface area contributed by atoms with Crippen molar-refractivity contribution in [3.8, 4) is 0 Å². The molecule has 0 aromatic carbocycles. The molecular formula is C11H23N4O. The summed E-state index contributed by atoms with van der Waals surface area (Å²) < 4.78 is 0. The van der Waals surface area contributed by atoms with Crippen LogP contribution in [-0.2, 0) is 5.21 Å². The molecule has 93 valence electrons. The van der Waals surface area contributed by atoms with Crippen LogP contribution in [0.5, 0.6) is 0 Å². The minimum absolute atomic E-state index is 0.560. The fourth-order valence-corrected chi connectivity index (χ4v) is 1.88. The molecule has 0 bridgehead atoms. The average Bonchev–Trinajstić information content (AvgIpc) is 2.27. The van der Waals surface area contributed by atoms with Crippen LogP contribution in [0.2, 0.25) is 0 Å². The highest BCUT2D eigenvalue weighted by atomic mass is 16.5. The Bertz CT molecular complexity index is 284. The molecular weight excluding hydrogens is 204 g/mol. The molecule has 1 heterocycles. The Hall–Kier alpha value is -0.650. The van der Waals surface area contributed by atoms with Gasteiger partial charge in [-0.1, -0.05) is 0 Å². The number of aliphatic imine (C=N–C) groups is 1. The van der Waals surface area contributed by atoms with E-state index in [0.717, 1.165) is 17.4 Å². The molecule has 0 unspecified atom stereocenters. The number of hydrogen-bond acceptors (Lipinski definition) is 3. The van der Waals surface area contributed by atoms with Crippen LogP contribution in [0, 0.1) is 0 Å². The van der Waals surface area contributed by atoms with Gasteiger partial charge in [-0.05, 0) is 41.8 Å². The second-order valence-corrected chi connectivity index (χ2v) is 5.57. The summed E-state index contributed by atoms with van der Waals surface area (Å²) in [7, 11) is 4.02. The highest BCUT2D eigenvalue weighted by molar-refractivity contribution is 5.93. The predicted molar refractivity (Wildman–Crippen MR) is 64.7 cm³/mol. The molecule has 1 radical (unpaired) electrons. The number of likely N-dealkylation sites (N-methyl/N-ethyl adjacent to an activating group) is 1. The molecule has 0 aromatic rings. The van der Waals surface area contributed by atoms with Crippen molar-refractivity contribution < 1.29 is 5.21 Å². The zero-order valence-corrected chi connectivity index (χ0v) is 11.2. The van der Waals surface area contributed by atoms with Crippen LogP contribution in [-0.4, -0.2) is 54.2 Å². The van der Waals surface area contributed by atoms with Crippen molar-refractivity contribution in [2.75, 3.05) is 27.2 Å².